The van der Waals surface area contributed by atoms with E-state index in [-0.39, 0.29) is 11.7 Å². The predicted molar refractivity (Wildman–Crippen MR) is 100.0 cm³/mol. The minimum Gasteiger partial charge on any atom is -0.341 e. The smallest absolute Gasteiger partial charge is 0.242 e. The van der Waals surface area contributed by atoms with Gasteiger partial charge in [-0.2, -0.15) is 0 Å². The van der Waals surface area contributed by atoms with Crippen LogP contribution in [0.2, 0.25) is 0 Å². The van der Waals surface area contributed by atoms with Crippen molar-refractivity contribution in [2.24, 2.45) is 0 Å². The molecule has 0 unspecified atom stereocenters. The van der Waals surface area contributed by atoms with Crippen LogP contribution in [-0.4, -0.2) is 51.6 Å². The molecule has 1 aliphatic rings. The summed E-state index contributed by atoms with van der Waals surface area (Å²) in [4.78, 5) is 21.7. The average molecular weight is 373 g/mol. The summed E-state index contributed by atoms with van der Waals surface area (Å²) in [6, 6.07) is 6.26. The molecule has 1 saturated heterocycles. The monoisotopic (exact) mass is 373 g/mol. The predicted octanol–water partition coefficient (Wildman–Crippen LogP) is 3.05. The van der Waals surface area contributed by atoms with Gasteiger partial charge in [0.15, 0.2) is 0 Å². The Balaban J connectivity index is 1.55. The van der Waals surface area contributed by atoms with Crippen LogP contribution in [0.5, 0.6) is 0 Å². The third-order valence-electron chi connectivity index (χ3n) is 4.47. The highest BCUT2D eigenvalue weighted by Crippen LogP contribution is 2.27. The number of halogens is 1. The van der Waals surface area contributed by atoms with E-state index < -0.39 is 0 Å². The molecule has 3 heterocycles. The molecule has 1 fully saturated rings. The van der Waals surface area contributed by atoms with E-state index in [4.69, 9.17) is 0 Å². The zero-order valence-corrected chi connectivity index (χ0v) is 15.4. The lowest BCUT2D eigenvalue weighted by Crippen LogP contribution is -2.37. The summed E-state index contributed by atoms with van der Waals surface area (Å²) in [5.41, 5.74) is 1.61. The molecular formula is C18H20FN5OS. The Morgan fingerprint density at radius 2 is 2.04 bits per heavy atom. The summed E-state index contributed by atoms with van der Waals surface area (Å²) in [6.45, 7) is 4.88. The van der Waals surface area contributed by atoms with Crippen LogP contribution in [0.15, 0.2) is 30.5 Å². The van der Waals surface area contributed by atoms with Gasteiger partial charge >= 0.3 is 0 Å². The largest absolute Gasteiger partial charge is 0.341 e. The van der Waals surface area contributed by atoms with Crippen molar-refractivity contribution >= 4 is 27.3 Å². The number of amides is 1. The Kier molecular flexibility index (Phi) is 4.58. The van der Waals surface area contributed by atoms with E-state index in [0.717, 1.165) is 53.8 Å². The first-order valence-electron chi connectivity index (χ1n) is 8.79. The molecular weight excluding hydrogens is 353 g/mol. The van der Waals surface area contributed by atoms with Gasteiger partial charge in [-0.25, -0.2) is 13.9 Å². The zero-order chi connectivity index (χ0) is 18.1. The van der Waals surface area contributed by atoms with E-state index >= 15 is 0 Å². The molecule has 136 valence electrons. The normalized spacial score (nSPS) is 15.7. The second kappa shape index (κ2) is 7.03. The summed E-state index contributed by atoms with van der Waals surface area (Å²) < 4.78 is 14.8. The molecule has 0 bridgehead atoms. The number of imidazole rings is 1. The highest BCUT2D eigenvalue weighted by atomic mass is 32.1. The summed E-state index contributed by atoms with van der Waals surface area (Å²) in [7, 11) is 0. The molecule has 26 heavy (non-hydrogen) atoms. The molecule has 1 aliphatic heterocycles. The lowest BCUT2D eigenvalue weighted by atomic mass is 10.2. The molecule has 2 aromatic heterocycles. The molecule has 0 N–H and O–H groups in total. The summed E-state index contributed by atoms with van der Waals surface area (Å²) >= 11 is 1.47. The highest BCUT2D eigenvalue weighted by molar-refractivity contribution is 7.20. The summed E-state index contributed by atoms with van der Waals surface area (Å²) in [6.07, 6.45) is 3.75. The first-order valence-corrected chi connectivity index (χ1v) is 9.60. The number of carbonyl (C=O) groups is 1. The van der Waals surface area contributed by atoms with Crippen molar-refractivity contribution in [1.82, 2.24) is 19.5 Å². The van der Waals surface area contributed by atoms with Crippen LogP contribution in [0.4, 0.5) is 9.52 Å². The van der Waals surface area contributed by atoms with Gasteiger partial charge in [0, 0.05) is 25.2 Å². The zero-order valence-electron chi connectivity index (χ0n) is 14.6. The van der Waals surface area contributed by atoms with Gasteiger partial charge in [-0.1, -0.05) is 18.3 Å². The molecule has 6 nitrogen and oxygen atoms in total. The van der Waals surface area contributed by atoms with E-state index in [9.17, 15) is 9.18 Å². The standard InChI is InChI=1S/C18H20FN5OS/c1-2-8-22-9-3-10-23(12-16(22)25)18-21-24-11-15(20-17(24)26-18)13-4-6-14(19)7-5-13/h4-7,11H,2-3,8-10,12H2,1H3. The Hall–Kier alpha value is -2.48. The van der Waals surface area contributed by atoms with E-state index in [0.29, 0.717) is 6.54 Å². The molecule has 1 amide bonds. The second-order valence-corrected chi connectivity index (χ2v) is 7.34. The van der Waals surface area contributed by atoms with Crippen molar-refractivity contribution in [3.05, 3.63) is 36.3 Å². The van der Waals surface area contributed by atoms with Gasteiger partial charge in [0.1, 0.15) is 5.82 Å². The van der Waals surface area contributed by atoms with Crippen molar-refractivity contribution in [2.75, 3.05) is 31.1 Å². The number of benzene rings is 1. The fourth-order valence-electron chi connectivity index (χ4n) is 3.17. The van der Waals surface area contributed by atoms with Gasteiger partial charge in [-0.05, 0) is 37.1 Å². The fourth-order valence-corrected chi connectivity index (χ4v) is 4.07. The number of rotatable bonds is 4. The molecule has 4 rings (SSSR count). The first-order chi connectivity index (χ1) is 12.6. The number of anilines is 1. The molecule has 3 aromatic rings. The summed E-state index contributed by atoms with van der Waals surface area (Å²) in [5.74, 6) is -0.109. The fraction of sp³-hybridized carbons (Fsp3) is 0.389. The highest BCUT2D eigenvalue weighted by Gasteiger charge is 2.24. The van der Waals surface area contributed by atoms with E-state index in [1.807, 2.05) is 16.0 Å². The van der Waals surface area contributed by atoms with Crippen LogP contribution in [-0.2, 0) is 4.79 Å². The van der Waals surface area contributed by atoms with Crippen LogP contribution in [0.3, 0.4) is 0 Å². The van der Waals surface area contributed by atoms with Gasteiger partial charge in [-0.3, -0.25) is 4.79 Å². The average Bonchev–Trinajstić information content (AvgIpc) is 3.14. The third-order valence-corrected chi connectivity index (χ3v) is 5.45. The van der Waals surface area contributed by atoms with Crippen molar-refractivity contribution in [1.29, 1.82) is 0 Å². The number of hydrogen-bond acceptors (Lipinski definition) is 5. The number of aromatic nitrogens is 3. The number of nitrogens with zero attached hydrogens (tertiary/aromatic N) is 5. The van der Waals surface area contributed by atoms with Crippen molar-refractivity contribution in [3.8, 4) is 11.3 Å². The Morgan fingerprint density at radius 3 is 2.77 bits per heavy atom. The minimum absolute atomic E-state index is 0.157. The maximum atomic E-state index is 13.1. The van der Waals surface area contributed by atoms with E-state index in [2.05, 4.69) is 17.0 Å². The van der Waals surface area contributed by atoms with Crippen molar-refractivity contribution < 1.29 is 9.18 Å². The van der Waals surface area contributed by atoms with Crippen LogP contribution in [0, 0.1) is 5.82 Å². The lowest BCUT2D eigenvalue weighted by Gasteiger charge is -2.20. The Bertz CT molecular complexity index is 888. The SMILES string of the molecule is CCCN1CCCN(c2nn3cc(-c4ccc(F)cc4)nc3s2)CC1=O. The maximum absolute atomic E-state index is 13.1. The van der Waals surface area contributed by atoms with Gasteiger partial charge in [0.05, 0.1) is 18.4 Å². The van der Waals surface area contributed by atoms with E-state index in [1.54, 1.807) is 16.6 Å². The molecule has 8 heteroatoms. The van der Waals surface area contributed by atoms with E-state index in [1.165, 1.54) is 23.5 Å². The van der Waals surface area contributed by atoms with Crippen molar-refractivity contribution in [3.63, 3.8) is 0 Å². The van der Waals surface area contributed by atoms with Crippen LogP contribution < -0.4 is 4.90 Å². The van der Waals surface area contributed by atoms with Crippen LogP contribution in [0.25, 0.3) is 16.2 Å². The maximum Gasteiger partial charge on any atom is 0.242 e. The number of fused-ring (bicyclic) bond motifs is 1. The molecule has 0 spiro atoms. The molecule has 1 aromatic carbocycles. The summed E-state index contributed by atoms with van der Waals surface area (Å²) in [5, 5.41) is 5.41. The van der Waals surface area contributed by atoms with Gasteiger partial charge in [0.25, 0.3) is 0 Å². The molecule has 0 saturated carbocycles. The molecule has 0 atom stereocenters. The van der Waals surface area contributed by atoms with Crippen LogP contribution >= 0.6 is 11.3 Å². The third kappa shape index (κ3) is 3.29. The lowest BCUT2D eigenvalue weighted by molar-refractivity contribution is -0.129. The number of carbonyl (C=O) groups excluding carboxylic acids is 1. The quantitative estimate of drug-likeness (QED) is 0.705. The topological polar surface area (TPSA) is 53.7 Å². The van der Waals surface area contributed by atoms with Gasteiger partial charge in [0.2, 0.25) is 16.0 Å². The van der Waals surface area contributed by atoms with Gasteiger partial charge < -0.3 is 9.80 Å². The number of hydrogen-bond donors (Lipinski definition) is 0. The Labute approximate surface area is 154 Å². The molecule has 0 radical (unpaired) electrons. The first kappa shape index (κ1) is 17.0. The minimum atomic E-state index is -0.266. The Morgan fingerprint density at radius 1 is 1.23 bits per heavy atom. The molecule has 0 aliphatic carbocycles. The van der Waals surface area contributed by atoms with Crippen molar-refractivity contribution in [2.45, 2.75) is 19.8 Å². The van der Waals surface area contributed by atoms with Crippen LogP contribution in [0.1, 0.15) is 19.8 Å². The second-order valence-electron chi connectivity index (χ2n) is 6.40. The van der Waals surface area contributed by atoms with Gasteiger partial charge in [-0.15, -0.1) is 5.10 Å².